The summed E-state index contributed by atoms with van der Waals surface area (Å²) in [6.07, 6.45) is 1.23. The Labute approximate surface area is 99.5 Å². The van der Waals surface area contributed by atoms with E-state index in [2.05, 4.69) is 10.5 Å². The molecule has 0 aliphatic heterocycles. The van der Waals surface area contributed by atoms with Gasteiger partial charge in [-0.05, 0) is 19.9 Å². The van der Waals surface area contributed by atoms with Gasteiger partial charge in [-0.3, -0.25) is 4.79 Å². The molecule has 1 rings (SSSR count). The Bertz CT molecular complexity index is 405. The van der Waals surface area contributed by atoms with E-state index in [4.69, 9.17) is 4.84 Å². The summed E-state index contributed by atoms with van der Waals surface area (Å²) < 4.78 is 13.1. The number of benzene rings is 1. The summed E-state index contributed by atoms with van der Waals surface area (Å²) in [5, 5.41) is 6.16. The minimum atomic E-state index is -0.383. The zero-order valence-corrected chi connectivity index (χ0v) is 9.81. The number of nitrogens with one attached hydrogen (secondary N) is 1. The predicted molar refractivity (Wildman–Crippen MR) is 63.2 cm³/mol. The van der Waals surface area contributed by atoms with E-state index in [1.54, 1.807) is 18.2 Å². The monoisotopic (exact) mass is 238 g/mol. The summed E-state index contributed by atoms with van der Waals surface area (Å²) in [5.74, 6) is -0.642. The van der Waals surface area contributed by atoms with Crippen molar-refractivity contribution in [3.8, 4) is 0 Å². The number of hydrogen-bond donors (Lipinski definition) is 1. The SMILES string of the molecule is CC(C)NC(=O)CO/N=C\c1ccccc1F. The van der Waals surface area contributed by atoms with Crippen molar-refractivity contribution in [1.29, 1.82) is 0 Å². The van der Waals surface area contributed by atoms with Crippen LogP contribution in [0.5, 0.6) is 0 Å². The third kappa shape index (κ3) is 5.10. The van der Waals surface area contributed by atoms with Gasteiger partial charge in [-0.15, -0.1) is 0 Å². The van der Waals surface area contributed by atoms with Crippen LogP contribution in [0.4, 0.5) is 4.39 Å². The molecule has 17 heavy (non-hydrogen) atoms. The largest absolute Gasteiger partial charge is 0.386 e. The maximum Gasteiger partial charge on any atom is 0.260 e. The van der Waals surface area contributed by atoms with E-state index in [0.29, 0.717) is 5.56 Å². The third-order valence-corrected chi connectivity index (χ3v) is 1.82. The van der Waals surface area contributed by atoms with Crippen molar-refractivity contribution in [3.05, 3.63) is 35.6 Å². The lowest BCUT2D eigenvalue weighted by atomic mass is 10.2. The highest BCUT2D eigenvalue weighted by Crippen LogP contribution is 2.02. The Balaban J connectivity index is 2.36. The van der Waals surface area contributed by atoms with Gasteiger partial charge in [0, 0.05) is 11.6 Å². The first-order valence-corrected chi connectivity index (χ1v) is 5.29. The van der Waals surface area contributed by atoms with Gasteiger partial charge in [0.15, 0.2) is 6.61 Å². The molecule has 92 valence electrons. The number of hydrogen-bond acceptors (Lipinski definition) is 3. The number of oxime groups is 1. The van der Waals surface area contributed by atoms with Crippen molar-refractivity contribution in [1.82, 2.24) is 5.32 Å². The van der Waals surface area contributed by atoms with E-state index in [1.807, 2.05) is 13.8 Å². The quantitative estimate of drug-likeness (QED) is 0.627. The summed E-state index contributed by atoms with van der Waals surface area (Å²) >= 11 is 0. The average Bonchev–Trinajstić information content (AvgIpc) is 2.25. The van der Waals surface area contributed by atoms with Crippen LogP contribution in [-0.2, 0) is 9.63 Å². The van der Waals surface area contributed by atoms with E-state index in [1.165, 1.54) is 12.3 Å². The molecule has 0 spiro atoms. The lowest BCUT2D eigenvalue weighted by Crippen LogP contribution is -2.32. The number of carbonyl (C=O) groups is 1. The Morgan fingerprint density at radius 2 is 2.24 bits per heavy atom. The Kier molecular flexibility index (Phi) is 5.13. The van der Waals surface area contributed by atoms with Crippen molar-refractivity contribution >= 4 is 12.1 Å². The maximum atomic E-state index is 13.1. The minimum absolute atomic E-state index is 0.0571. The van der Waals surface area contributed by atoms with Crippen molar-refractivity contribution in [2.24, 2.45) is 5.16 Å². The number of halogens is 1. The summed E-state index contributed by atoms with van der Waals surface area (Å²) in [7, 11) is 0. The van der Waals surface area contributed by atoms with Gasteiger partial charge in [-0.1, -0.05) is 23.4 Å². The molecule has 1 N–H and O–H groups in total. The maximum absolute atomic E-state index is 13.1. The molecule has 0 unspecified atom stereocenters. The lowest BCUT2D eigenvalue weighted by molar-refractivity contribution is -0.126. The van der Waals surface area contributed by atoms with Crippen molar-refractivity contribution in [2.45, 2.75) is 19.9 Å². The van der Waals surface area contributed by atoms with E-state index in [-0.39, 0.29) is 24.4 Å². The van der Waals surface area contributed by atoms with Gasteiger partial charge in [0.2, 0.25) is 0 Å². The van der Waals surface area contributed by atoms with Crippen molar-refractivity contribution in [2.75, 3.05) is 6.61 Å². The van der Waals surface area contributed by atoms with Crippen LogP contribution < -0.4 is 5.32 Å². The number of amides is 1. The zero-order chi connectivity index (χ0) is 12.7. The van der Waals surface area contributed by atoms with Crippen LogP contribution in [0, 0.1) is 5.82 Å². The summed E-state index contributed by atoms with van der Waals surface area (Å²) in [4.78, 5) is 15.9. The second-order valence-corrected chi connectivity index (χ2v) is 3.75. The van der Waals surface area contributed by atoms with Gasteiger partial charge in [0.25, 0.3) is 5.91 Å². The van der Waals surface area contributed by atoms with Crippen LogP contribution in [-0.4, -0.2) is 24.8 Å². The van der Waals surface area contributed by atoms with Gasteiger partial charge in [-0.25, -0.2) is 4.39 Å². The highest BCUT2D eigenvalue weighted by atomic mass is 19.1. The molecular weight excluding hydrogens is 223 g/mol. The molecule has 5 heteroatoms. The first kappa shape index (κ1) is 13.2. The average molecular weight is 238 g/mol. The van der Waals surface area contributed by atoms with E-state index in [0.717, 1.165) is 0 Å². The van der Waals surface area contributed by atoms with Crippen molar-refractivity contribution in [3.63, 3.8) is 0 Å². The van der Waals surface area contributed by atoms with Crippen LogP contribution in [0.2, 0.25) is 0 Å². The number of nitrogens with zero attached hydrogens (tertiary/aromatic N) is 1. The van der Waals surface area contributed by atoms with Gasteiger partial charge >= 0.3 is 0 Å². The van der Waals surface area contributed by atoms with Gasteiger partial charge in [0.05, 0.1) is 6.21 Å². The number of rotatable bonds is 5. The summed E-state index contributed by atoms with van der Waals surface area (Å²) in [6, 6.07) is 6.23. The molecule has 1 aromatic carbocycles. The molecule has 1 aromatic rings. The van der Waals surface area contributed by atoms with E-state index in [9.17, 15) is 9.18 Å². The Morgan fingerprint density at radius 1 is 1.53 bits per heavy atom. The normalized spacial score (nSPS) is 10.8. The fourth-order valence-electron chi connectivity index (χ4n) is 1.13. The first-order valence-electron chi connectivity index (χ1n) is 5.29. The topological polar surface area (TPSA) is 50.7 Å². The van der Waals surface area contributed by atoms with Crippen LogP contribution in [0.3, 0.4) is 0 Å². The third-order valence-electron chi connectivity index (χ3n) is 1.82. The van der Waals surface area contributed by atoms with Crippen LogP contribution in [0.25, 0.3) is 0 Å². The molecule has 1 amide bonds. The van der Waals surface area contributed by atoms with Crippen LogP contribution >= 0.6 is 0 Å². The smallest absolute Gasteiger partial charge is 0.260 e. The van der Waals surface area contributed by atoms with Gasteiger partial charge in [-0.2, -0.15) is 0 Å². The molecule has 0 aliphatic carbocycles. The standard InChI is InChI=1S/C12H15FN2O2/c1-9(2)15-12(16)8-17-14-7-10-5-3-4-6-11(10)13/h3-7,9H,8H2,1-2H3,(H,15,16)/b14-7-. The second-order valence-electron chi connectivity index (χ2n) is 3.75. The Hall–Kier alpha value is -1.91. The van der Waals surface area contributed by atoms with E-state index >= 15 is 0 Å². The van der Waals surface area contributed by atoms with Crippen LogP contribution in [0.15, 0.2) is 29.4 Å². The minimum Gasteiger partial charge on any atom is -0.386 e. The molecular formula is C12H15FN2O2. The van der Waals surface area contributed by atoms with Crippen LogP contribution in [0.1, 0.15) is 19.4 Å². The van der Waals surface area contributed by atoms with Gasteiger partial charge in [0.1, 0.15) is 5.82 Å². The van der Waals surface area contributed by atoms with E-state index < -0.39 is 0 Å². The predicted octanol–water partition coefficient (Wildman–Crippen LogP) is 1.70. The molecule has 0 saturated heterocycles. The van der Waals surface area contributed by atoms with Gasteiger partial charge < -0.3 is 10.2 Å². The molecule has 0 bridgehead atoms. The molecule has 0 atom stereocenters. The highest BCUT2D eigenvalue weighted by molar-refractivity contribution is 5.80. The molecule has 4 nitrogen and oxygen atoms in total. The highest BCUT2D eigenvalue weighted by Gasteiger charge is 2.02. The fourth-order valence-corrected chi connectivity index (χ4v) is 1.13. The first-order chi connectivity index (χ1) is 8.09. The fraction of sp³-hybridized carbons (Fsp3) is 0.333. The molecule has 0 heterocycles. The Morgan fingerprint density at radius 3 is 2.88 bits per heavy atom. The zero-order valence-electron chi connectivity index (χ0n) is 9.81. The summed E-state index contributed by atoms with van der Waals surface area (Å²) in [5.41, 5.74) is 0.316. The molecule has 0 aliphatic rings. The second kappa shape index (κ2) is 6.62. The van der Waals surface area contributed by atoms with Crippen molar-refractivity contribution < 1.29 is 14.0 Å². The molecule has 0 fully saturated rings. The number of carbonyl (C=O) groups excluding carboxylic acids is 1. The molecule has 0 radical (unpaired) electrons. The lowest BCUT2D eigenvalue weighted by Gasteiger charge is -2.06. The summed E-state index contributed by atoms with van der Waals surface area (Å²) in [6.45, 7) is 3.52. The molecule has 0 saturated carbocycles. The molecule has 0 aromatic heterocycles.